The lowest BCUT2D eigenvalue weighted by atomic mass is 10.0. The molecule has 0 aromatic heterocycles. The highest BCUT2D eigenvalue weighted by molar-refractivity contribution is 5.69. The fourth-order valence-electron chi connectivity index (χ4n) is 6.53. The molecule has 0 amide bonds. The van der Waals surface area contributed by atoms with Crippen LogP contribution in [0.4, 0.5) is 0 Å². The standard InChI is InChI=1S/C47H88O4/c1-3-5-7-9-11-13-15-17-19-21-22-23-24-25-26-27-28-30-32-34-36-38-40-42-47(49)51-46(44-48)45-50-43-41-39-37-35-33-31-29-20-18-16-14-12-10-8-6-4-2/h15,17-18,20-22,46,48H,3-14,16,19,23-45H2,1-2H3/b17-15-,20-18-,22-21-. The molecule has 4 nitrogen and oxygen atoms in total. The van der Waals surface area contributed by atoms with Crippen LogP contribution in [0.1, 0.15) is 232 Å². The van der Waals surface area contributed by atoms with Crippen molar-refractivity contribution in [1.82, 2.24) is 0 Å². The van der Waals surface area contributed by atoms with Crippen LogP contribution in [0, 0.1) is 0 Å². The van der Waals surface area contributed by atoms with Crippen LogP contribution in [-0.4, -0.2) is 37.0 Å². The fraction of sp³-hybridized carbons (Fsp3) is 0.851. The second-order valence-corrected chi connectivity index (χ2v) is 15.1. The topological polar surface area (TPSA) is 55.8 Å². The summed E-state index contributed by atoms with van der Waals surface area (Å²) in [5.74, 6) is -0.203. The van der Waals surface area contributed by atoms with E-state index in [1.165, 1.54) is 186 Å². The number of hydrogen-bond acceptors (Lipinski definition) is 4. The quantitative estimate of drug-likeness (QED) is 0.0388. The predicted molar refractivity (Wildman–Crippen MR) is 224 cm³/mol. The Labute approximate surface area is 319 Å². The second-order valence-electron chi connectivity index (χ2n) is 15.1. The number of hydrogen-bond donors (Lipinski definition) is 1. The smallest absolute Gasteiger partial charge is 0.306 e. The van der Waals surface area contributed by atoms with Crippen molar-refractivity contribution in [2.24, 2.45) is 0 Å². The van der Waals surface area contributed by atoms with Crippen LogP contribution in [0.15, 0.2) is 36.5 Å². The number of aliphatic hydroxyl groups excluding tert-OH is 1. The zero-order chi connectivity index (χ0) is 37.0. The third-order valence-corrected chi connectivity index (χ3v) is 9.94. The number of ether oxygens (including phenoxy) is 2. The summed E-state index contributed by atoms with van der Waals surface area (Å²) in [5.41, 5.74) is 0. The summed E-state index contributed by atoms with van der Waals surface area (Å²) in [5, 5.41) is 9.61. The maximum atomic E-state index is 12.2. The first-order valence-electron chi connectivity index (χ1n) is 22.6. The van der Waals surface area contributed by atoms with Gasteiger partial charge < -0.3 is 14.6 Å². The third-order valence-electron chi connectivity index (χ3n) is 9.94. The van der Waals surface area contributed by atoms with Crippen LogP contribution >= 0.6 is 0 Å². The van der Waals surface area contributed by atoms with Gasteiger partial charge in [0.05, 0.1) is 13.2 Å². The molecular formula is C47H88O4. The van der Waals surface area contributed by atoms with Gasteiger partial charge in [0.1, 0.15) is 6.10 Å². The fourth-order valence-corrected chi connectivity index (χ4v) is 6.53. The Kier molecular flexibility index (Phi) is 43.5. The minimum absolute atomic E-state index is 0.173. The van der Waals surface area contributed by atoms with E-state index >= 15 is 0 Å². The molecule has 0 radical (unpaired) electrons. The van der Waals surface area contributed by atoms with Gasteiger partial charge in [-0.2, -0.15) is 0 Å². The largest absolute Gasteiger partial charge is 0.457 e. The molecule has 0 aromatic carbocycles. The van der Waals surface area contributed by atoms with Crippen molar-refractivity contribution < 1.29 is 19.4 Å². The number of rotatable bonds is 42. The maximum Gasteiger partial charge on any atom is 0.306 e. The van der Waals surface area contributed by atoms with E-state index in [9.17, 15) is 9.90 Å². The van der Waals surface area contributed by atoms with Crippen molar-refractivity contribution in [3.8, 4) is 0 Å². The first-order chi connectivity index (χ1) is 25.2. The molecule has 0 rings (SSSR count). The zero-order valence-electron chi connectivity index (χ0n) is 34.4. The van der Waals surface area contributed by atoms with E-state index in [1.807, 2.05) is 0 Å². The zero-order valence-corrected chi connectivity index (χ0v) is 34.4. The van der Waals surface area contributed by atoms with Crippen molar-refractivity contribution >= 4 is 5.97 Å². The molecule has 51 heavy (non-hydrogen) atoms. The molecule has 0 aromatic rings. The number of allylic oxidation sites excluding steroid dienone is 6. The van der Waals surface area contributed by atoms with Crippen LogP contribution in [0.5, 0.6) is 0 Å². The van der Waals surface area contributed by atoms with Crippen LogP contribution in [0.25, 0.3) is 0 Å². The Morgan fingerprint density at radius 2 is 0.824 bits per heavy atom. The lowest BCUT2D eigenvalue weighted by molar-refractivity contribution is -0.154. The van der Waals surface area contributed by atoms with Gasteiger partial charge in [0, 0.05) is 13.0 Å². The minimum Gasteiger partial charge on any atom is -0.457 e. The van der Waals surface area contributed by atoms with Crippen LogP contribution in [-0.2, 0) is 14.3 Å². The van der Waals surface area contributed by atoms with E-state index in [0.717, 1.165) is 25.7 Å². The molecule has 0 aliphatic rings. The second kappa shape index (κ2) is 44.8. The SMILES string of the molecule is CCCCCCC/C=C\C/C=C\CCCCCCCCCCCCCC(=O)OC(CO)COCCCCCCCC/C=C\CCCCCCCC. The molecule has 0 spiro atoms. The van der Waals surface area contributed by atoms with Gasteiger partial charge in [-0.1, -0.05) is 192 Å². The molecular weight excluding hydrogens is 629 g/mol. The number of unbranched alkanes of at least 4 members (excludes halogenated alkanes) is 28. The monoisotopic (exact) mass is 717 g/mol. The van der Waals surface area contributed by atoms with Gasteiger partial charge in [-0.15, -0.1) is 0 Å². The van der Waals surface area contributed by atoms with E-state index in [0.29, 0.717) is 19.6 Å². The summed E-state index contributed by atoms with van der Waals surface area (Å²) in [7, 11) is 0. The molecule has 0 bridgehead atoms. The van der Waals surface area contributed by atoms with Gasteiger partial charge in [-0.05, 0) is 70.6 Å². The highest BCUT2D eigenvalue weighted by Gasteiger charge is 2.13. The molecule has 1 atom stereocenters. The van der Waals surface area contributed by atoms with E-state index in [1.54, 1.807) is 0 Å². The van der Waals surface area contributed by atoms with Crippen LogP contribution in [0.3, 0.4) is 0 Å². The average Bonchev–Trinajstić information content (AvgIpc) is 3.14. The van der Waals surface area contributed by atoms with Gasteiger partial charge in [0.15, 0.2) is 0 Å². The molecule has 1 unspecified atom stereocenters. The molecule has 300 valence electrons. The molecule has 0 saturated heterocycles. The van der Waals surface area contributed by atoms with Crippen LogP contribution < -0.4 is 0 Å². The summed E-state index contributed by atoms with van der Waals surface area (Å²) in [6, 6.07) is 0. The number of carbonyl (C=O) groups excluding carboxylic acids is 1. The normalized spacial score (nSPS) is 12.6. The van der Waals surface area contributed by atoms with Crippen molar-refractivity contribution in [3.05, 3.63) is 36.5 Å². The number of carbonyl (C=O) groups is 1. The van der Waals surface area contributed by atoms with Crippen molar-refractivity contribution in [2.75, 3.05) is 19.8 Å². The summed E-state index contributed by atoms with van der Waals surface area (Å²) in [6.07, 6.45) is 56.4. The highest BCUT2D eigenvalue weighted by atomic mass is 16.6. The van der Waals surface area contributed by atoms with Gasteiger partial charge in [0.25, 0.3) is 0 Å². The summed E-state index contributed by atoms with van der Waals surface area (Å²) in [4.78, 5) is 12.2. The minimum atomic E-state index is -0.537. The Balaban J connectivity index is 3.42. The molecule has 0 saturated carbocycles. The van der Waals surface area contributed by atoms with Gasteiger partial charge in [-0.25, -0.2) is 0 Å². The summed E-state index contributed by atoms with van der Waals surface area (Å²) >= 11 is 0. The Bertz CT molecular complexity index is 757. The van der Waals surface area contributed by atoms with E-state index in [-0.39, 0.29) is 12.6 Å². The maximum absolute atomic E-state index is 12.2. The molecule has 0 heterocycles. The van der Waals surface area contributed by atoms with Crippen molar-refractivity contribution in [3.63, 3.8) is 0 Å². The van der Waals surface area contributed by atoms with Crippen LogP contribution in [0.2, 0.25) is 0 Å². The average molecular weight is 717 g/mol. The molecule has 0 fully saturated rings. The van der Waals surface area contributed by atoms with E-state index in [2.05, 4.69) is 50.3 Å². The molecule has 0 aliphatic heterocycles. The summed E-state index contributed by atoms with van der Waals surface area (Å²) < 4.78 is 11.2. The van der Waals surface area contributed by atoms with Gasteiger partial charge in [0.2, 0.25) is 0 Å². The summed E-state index contributed by atoms with van der Waals surface area (Å²) in [6.45, 7) is 5.34. The highest BCUT2D eigenvalue weighted by Crippen LogP contribution is 2.14. The van der Waals surface area contributed by atoms with E-state index < -0.39 is 6.10 Å². The number of esters is 1. The van der Waals surface area contributed by atoms with Gasteiger partial charge in [-0.3, -0.25) is 4.79 Å². The lowest BCUT2D eigenvalue weighted by Crippen LogP contribution is -2.27. The van der Waals surface area contributed by atoms with E-state index in [4.69, 9.17) is 9.47 Å². The Morgan fingerprint density at radius 1 is 0.471 bits per heavy atom. The van der Waals surface area contributed by atoms with Crippen molar-refractivity contribution in [2.45, 2.75) is 238 Å². The van der Waals surface area contributed by atoms with Gasteiger partial charge >= 0.3 is 5.97 Å². The lowest BCUT2D eigenvalue weighted by Gasteiger charge is -2.15. The first-order valence-corrected chi connectivity index (χ1v) is 22.6. The molecule has 1 N–H and O–H groups in total. The first kappa shape index (κ1) is 49.6. The van der Waals surface area contributed by atoms with Crippen molar-refractivity contribution in [1.29, 1.82) is 0 Å². The molecule has 4 heteroatoms. The Hall–Kier alpha value is -1.39. The third kappa shape index (κ3) is 42.9. The number of aliphatic hydroxyl groups is 1. The predicted octanol–water partition coefficient (Wildman–Crippen LogP) is 14.9. The Morgan fingerprint density at radius 3 is 1.24 bits per heavy atom. The molecule has 0 aliphatic carbocycles.